The third kappa shape index (κ3) is 2.15. The number of carbonyl (C=O) groups is 1. The quantitative estimate of drug-likeness (QED) is 0.849. The molecule has 1 amide bonds. The highest BCUT2D eigenvalue weighted by Crippen LogP contribution is 2.33. The first-order valence-electron chi connectivity index (χ1n) is 5.93. The molecule has 5 nitrogen and oxygen atoms in total. The second kappa shape index (κ2) is 5.07. The zero-order valence-electron chi connectivity index (χ0n) is 10.4. The fourth-order valence-electron chi connectivity index (χ4n) is 2.13. The van der Waals surface area contributed by atoms with Gasteiger partial charge in [-0.1, -0.05) is 0 Å². The molecule has 1 aromatic carbocycles. The Morgan fingerprint density at radius 2 is 2.22 bits per heavy atom. The summed E-state index contributed by atoms with van der Waals surface area (Å²) in [5.41, 5.74) is 7.84. The highest BCUT2D eigenvalue weighted by molar-refractivity contribution is 6.03. The maximum absolute atomic E-state index is 12.0. The summed E-state index contributed by atoms with van der Waals surface area (Å²) in [6, 6.07) is 7.52. The first kappa shape index (κ1) is 12.4. The van der Waals surface area contributed by atoms with Crippen LogP contribution in [0.4, 0.5) is 11.4 Å². The van der Waals surface area contributed by atoms with E-state index in [1.807, 2.05) is 18.0 Å². The average Bonchev–Trinajstić information content (AvgIpc) is 2.38. The molecule has 0 unspecified atom stereocenters. The molecule has 1 heterocycles. The van der Waals surface area contributed by atoms with E-state index in [-0.39, 0.29) is 5.91 Å². The third-order valence-corrected chi connectivity index (χ3v) is 3.07. The minimum atomic E-state index is 0.0496. The van der Waals surface area contributed by atoms with Crippen LogP contribution >= 0.6 is 0 Å². The summed E-state index contributed by atoms with van der Waals surface area (Å²) in [6.45, 7) is 1.52. The van der Waals surface area contributed by atoms with Crippen LogP contribution in [0, 0.1) is 11.3 Å². The van der Waals surface area contributed by atoms with Crippen molar-refractivity contribution in [1.82, 2.24) is 0 Å². The molecule has 2 N–H and O–H groups in total. The lowest BCUT2D eigenvalue weighted by molar-refractivity contribution is -0.117. The van der Waals surface area contributed by atoms with Crippen molar-refractivity contribution in [2.24, 2.45) is 5.73 Å². The van der Waals surface area contributed by atoms with Crippen LogP contribution in [-0.2, 0) is 4.79 Å². The maximum atomic E-state index is 12.0. The summed E-state index contributed by atoms with van der Waals surface area (Å²) in [5.74, 6) is 0.0496. The molecule has 2 rings (SSSR count). The van der Waals surface area contributed by atoms with Gasteiger partial charge in [-0.05, 0) is 31.2 Å². The molecule has 1 aliphatic heterocycles. The van der Waals surface area contributed by atoms with Crippen molar-refractivity contribution in [2.45, 2.75) is 6.42 Å². The second-order valence-electron chi connectivity index (χ2n) is 4.36. The lowest BCUT2D eigenvalue weighted by Crippen LogP contribution is -2.45. The zero-order chi connectivity index (χ0) is 13.1. The Morgan fingerprint density at radius 1 is 1.44 bits per heavy atom. The highest BCUT2D eigenvalue weighted by Gasteiger charge is 2.26. The van der Waals surface area contributed by atoms with E-state index >= 15 is 0 Å². The molecule has 1 aliphatic rings. The number of hydrogen-bond donors (Lipinski definition) is 1. The maximum Gasteiger partial charge on any atom is 0.246 e. The van der Waals surface area contributed by atoms with Gasteiger partial charge in [0.05, 0.1) is 29.6 Å². The Hall–Kier alpha value is -2.06. The van der Waals surface area contributed by atoms with Crippen LogP contribution < -0.4 is 15.5 Å². The van der Waals surface area contributed by atoms with E-state index in [4.69, 9.17) is 11.0 Å². The third-order valence-electron chi connectivity index (χ3n) is 3.07. The van der Waals surface area contributed by atoms with Crippen LogP contribution in [0.5, 0.6) is 0 Å². The van der Waals surface area contributed by atoms with Crippen LogP contribution in [0.3, 0.4) is 0 Å². The van der Waals surface area contributed by atoms with Gasteiger partial charge in [-0.15, -0.1) is 0 Å². The first-order valence-corrected chi connectivity index (χ1v) is 5.93. The van der Waals surface area contributed by atoms with E-state index < -0.39 is 0 Å². The Labute approximate surface area is 106 Å². The molecule has 94 valence electrons. The minimum Gasteiger partial charge on any atom is -0.364 e. The summed E-state index contributed by atoms with van der Waals surface area (Å²) >= 11 is 0. The SMILES string of the molecule is CN1CC(=O)N(CCCN)c2cc(C#N)ccc21. The Bertz CT molecular complexity index is 506. The van der Waals surface area contributed by atoms with E-state index in [0.29, 0.717) is 25.2 Å². The molecule has 0 aliphatic carbocycles. The minimum absolute atomic E-state index is 0.0496. The van der Waals surface area contributed by atoms with Gasteiger partial charge in [0.25, 0.3) is 0 Å². The van der Waals surface area contributed by atoms with Crippen molar-refractivity contribution in [3.8, 4) is 6.07 Å². The topological polar surface area (TPSA) is 73.4 Å². The lowest BCUT2D eigenvalue weighted by Gasteiger charge is -2.35. The molecule has 0 bridgehead atoms. The van der Waals surface area contributed by atoms with Gasteiger partial charge in [-0.2, -0.15) is 5.26 Å². The molecule has 0 spiro atoms. The van der Waals surface area contributed by atoms with Gasteiger partial charge in [0.1, 0.15) is 0 Å². The number of benzene rings is 1. The summed E-state index contributed by atoms with van der Waals surface area (Å²) in [7, 11) is 1.88. The van der Waals surface area contributed by atoms with Gasteiger partial charge in [0, 0.05) is 13.6 Å². The summed E-state index contributed by atoms with van der Waals surface area (Å²) in [5, 5.41) is 8.95. The summed E-state index contributed by atoms with van der Waals surface area (Å²) in [6.07, 6.45) is 0.756. The van der Waals surface area contributed by atoms with Crippen LogP contribution in [0.15, 0.2) is 18.2 Å². The van der Waals surface area contributed by atoms with Gasteiger partial charge in [0.15, 0.2) is 0 Å². The van der Waals surface area contributed by atoms with Crippen LogP contribution in [-0.4, -0.2) is 32.6 Å². The number of nitrogens with two attached hydrogens (primary N) is 1. The van der Waals surface area contributed by atoms with Crippen molar-refractivity contribution in [2.75, 3.05) is 36.5 Å². The van der Waals surface area contributed by atoms with Crippen LogP contribution in [0.2, 0.25) is 0 Å². The molecule has 0 saturated heterocycles. The number of rotatable bonds is 3. The predicted octanol–water partition coefficient (Wildman–Crippen LogP) is 0.690. The summed E-state index contributed by atoms with van der Waals surface area (Å²) in [4.78, 5) is 15.7. The molecule has 5 heteroatoms. The number of carbonyl (C=O) groups excluding carboxylic acids is 1. The fraction of sp³-hybridized carbons (Fsp3) is 0.385. The monoisotopic (exact) mass is 244 g/mol. The molecule has 0 aromatic heterocycles. The number of amides is 1. The zero-order valence-corrected chi connectivity index (χ0v) is 10.4. The molecular weight excluding hydrogens is 228 g/mol. The molecule has 0 saturated carbocycles. The molecule has 0 atom stereocenters. The van der Waals surface area contributed by atoms with Gasteiger partial charge in [-0.3, -0.25) is 4.79 Å². The van der Waals surface area contributed by atoms with Crippen LogP contribution in [0.1, 0.15) is 12.0 Å². The molecular formula is C13H16N4O. The van der Waals surface area contributed by atoms with E-state index in [2.05, 4.69) is 6.07 Å². The summed E-state index contributed by atoms with van der Waals surface area (Å²) < 4.78 is 0. The Morgan fingerprint density at radius 3 is 2.89 bits per heavy atom. The molecule has 1 aromatic rings. The number of nitriles is 1. The molecule has 0 radical (unpaired) electrons. The normalized spacial score (nSPS) is 14.4. The number of likely N-dealkylation sites (N-methyl/N-ethyl adjacent to an activating group) is 1. The van der Waals surface area contributed by atoms with Gasteiger partial charge in [-0.25, -0.2) is 0 Å². The van der Waals surface area contributed by atoms with E-state index in [1.54, 1.807) is 17.0 Å². The first-order chi connectivity index (χ1) is 8.67. The van der Waals surface area contributed by atoms with Crippen LogP contribution in [0.25, 0.3) is 0 Å². The number of hydrogen-bond acceptors (Lipinski definition) is 4. The number of nitrogens with zero attached hydrogens (tertiary/aromatic N) is 3. The fourth-order valence-corrected chi connectivity index (χ4v) is 2.13. The van der Waals surface area contributed by atoms with Crippen molar-refractivity contribution >= 4 is 17.3 Å². The van der Waals surface area contributed by atoms with Gasteiger partial charge < -0.3 is 15.5 Å². The van der Waals surface area contributed by atoms with Crippen molar-refractivity contribution < 1.29 is 4.79 Å². The molecule has 18 heavy (non-hydrogen) atoms. The van der Waals surface area contributed by atoms with Crippen molar-refractivity contribution in [1.29, 1.82) is 5.26 Å². The largest absolute Gasteiger partial charge is 0.364 e. The van der Waals surface area contributed by atoms with Crippen molar-refractivity contribution in [3.63, 3.8) is 0 Å². The lowest BCUT2D eigenvalue weighted by atomic mass is 10.1. The van der Waals surface area contributed by atoms with Crippen molar-refractivity contribution in [3.05, 3.63) is 23.8 Å². The average molecular weight is 244 g/mol. The Kier molecular flexibility index (Phi) is 3.49. The van der Waals surface area contributed by atoms with Gasteiger partial charge >= 0.3 is 0 Å². The van der Waals surface area contributed by atoms with E-state index in [1.165, 1.54) is 0 Å². The molecule has 0 fully saturated rings. The standard InChI is InChI=1S/C13H16N4O/c1-16-9-13(18)17(6-2-5-14)12-7-10(8-15)3-4-11(12)16/h3-4,7H,2,5-6,9,14H2,1H3. The second-order valence-corrected chi connectivity index (χ2v) is 4.36. The highest BCUT2D eigenvalue weighted by atomic mass is 16.2. The predicted molar refractivity (Wildman–Crippen MR) is 70.5 cm³/mol. The number of fused-ring (bicyclic) bond motifs is 1. The van der Waals surface area contributed by atoms with Gasteiger partial charge in [0.2, 0.25) is 5.91 Å². The number of anilines is 2. The smallest absolute Gasteiger partial charge is 0.246 e. The Balaban J connectivity index is 2.42. The van der Waals surface area contributed by atoms with E-state index in [9.17, 15) is 4.79 Å². The van der Waals surface area contributed by atoms with E-state index in [0.717, 1.165) is 17.8 Å².